The van der Waals surface area contributed by atoms with E-state index in [1.165, 1.54) is 6.07 Å². The van der Waals surface area contributed by atoms with Gasteiger partial charge in [0.05, 0.1) is 10.9 Å². The summed E-state index contributed by atoms with van der Waals surface area (Å²) >= 11 is 0. The molecule has 5 heteroatoms. The predicted molar refractivity (Wildman–Crippen MR) is 93.5 cm³/mol. The fourth-order valence-electron chi connectivity index (χ4n) is 2.57. The van der Waals surface area contributed by atoms with Crippen molar-refractivity contribution < 1.29 is 19.0 Å². The van der Waals surface area contributed by atoms with E-state index in [1.807, 2.05) is 30.3 Å². The minimum absolute atomic E-state index is 0.165. The molecule has 2 N–H and O–H groups in total. The number of halogens is 2. The van der Waals surface area contributed by atoms with Gasteiger partial charge < -0.3 is 10.2 Å². The van der Waals surface area contributed by atoms with Crippen molar-refractivity contribution in [2.24, 2.45) is 0 Å². The van der Waals surface area contributed by atoms with Gasteiger partial charge in [-0.1, -0.05) is 36.4 Å². The second-order valence-corrected chi connectivity index (χ2v) is 9.34. The lowest BCUT2D eigenvalue weighted by atomic mass is 10.0. The van der Waals surface area contributed by atoms with Crippen LogP contribution >= 0.6 is 0 Å². The Kier molecular flexibility index (Phi) is 5.68. The normalized spacial score (nSPS) is 15.1. The molecule has 2 aromatic carbocycles. The minimum Gasteiger partial charge on any atom is -0.390 e. The second-order valence-electron chi connectivity index (χ2n) is 6.59. The summed E-state index contributed by atoms with van der Waals surface area (Å²) in [6, 6.07) is 16.4. The molecule has 2 aromatic rings. The van der Waals surface area contributed by atoms with Crippen LogP contribution in [0.5, 0.6) is 0 Å². The molecule has 2 nitrogen and oxygen atoms in total. The molecule has 2 atom stereocenters. The number of hydrogen-bond donors (Lipinski definition) is 2. The zero-order chi connectivity index (χ0) is 18.0. The molecule has 2 unspecified atom stereocenters. The molecule has 0 heterocycles. The Labute approximate surface area is 144 Å². The number of aliphatic hydroxyl groups is 2. The molecule has 0 radical (unpaired) electrons. The topological polar surface area (TPSA) is 40.5 Å². The first-order valence-electron chi connectivity index (χ1n) is 7.73. The van der Waals surface area contributed by atoms with Gasteiger partial charge in [-0.3, -0.25) is 0 Å². The first kappa shape index (κ1) is 18.9. The monoisotopic (exact) mass is 353 g/mol. The van der Waals surface area contributed by atoms with Gasteiger partial charge in [0, 0.05) is 5.56 Å². The van der Waals surface area contributed by atoms with Crippen molar-refractivity contribution in [3.05, 3.63) is 60.2 Å². The van der Waals surface area contributed by atoms with Gasteiger partial charge in [-0.05, 0) is 39.0 Å². The number of benzene rings is 2. The largest absolute Gasteiger partial charge is 0.390 e. The molecule has 0 amide bonds. The molecule has 0 aromatic heterocycles. The van der Waals surface area contributed by atoms with Crippen LogP contribution < -0.4 is 0 Å². The molecular weight excluding hydrogens is 330 g/mol. The summed E-state index contributed by atoms with van der Waals surface area (Å²) in [5, 5.41) is 19.1. The van der Waals surface area contributed by atoms with E-state index in [1.54, 1.807) is 18.2 Å². The highest BCUT2D eigenvalue weighted by molar-refractivity contribution is 7.98. The highest BCUT2D eigenvalue weighted by Crippen LogP contribution is 2.41. The Hall–Kier alpha value is -1.43. The van der Waals surface area contributed by atoms with Crippen LogP contribution in [0.15, 0.2) is 64.4 Å². The molecule has 24 heavy (non-hydrogen) atoms. The van der Waals surface area contributed by atoms with Crippen molar-refractivity contribution in [2.75, 3.05) is 6.61 Å². The van der Waals surface area contributed by atoms with Crippen LogP contribution in [-0.4, -0.2) is 27.5 Å². The summed E-state index contributed by atoms with van der Waals surface area (Å²) in [6.45, 7) is 4.76. The summed E-state index contributed by atoms with van der Waals surface area (Å²) in [5.41, 5.74) is 0.165. The average molecular weight is 353 g/mol. The van der Waals surface area contributed by atoms with Crippen LogP contribution in [0.2, 0.25) is 0 Å². The van der Waals surface area contributed by atoms with E-state index < -0.39 is 29.5 Å². The van der Waals surface area contributed by atoms with Gasteiger partial charge in [0.15, 0.2) is 9.79 Å². The van der Waals surface area contributed by atoms with Crippen LogP contribution in [0.3, 0.4) is 0 Å². The lowest BCUT2D eigenvalue weighted by Crippen LogP contribution is -2.34. The minimum atomic E-state index is -3.58. The van der Waals surface area contributed by atoms with Gasteiger partial charge in [-0.2, -0.15) is 0 Å². The van der Waals surface area contributed by atoms with Gasteiger partial charge in [0.25, 0.3) is 5.92 Å². The van der Waals surface area contributed by atoms with Crippen LogP contribution in [0.25, 0.3) is 0 Å². The van der Waals surface area contributed by atoms with Crippen LogP contribution in [0, 0.1) is 0 Å². The van der Waals surface area contributed by atoms with Crippen molar-refractivity contribution in [1.29, 1.82) is 0 Å². The summed E-state index contributed by atoms with van der Waals surface area (Å²) in [7, 11) is -0.512. The van der Waals surface area contributed by atoms with E-state index in [-0.39, 0.29) is 10.3 Å². The van der Waals surface area contributed by atoms with Crippen molar-refractivity contribution >= 4 is 10.9 Å². The number of rotatable bonds is 5. The van der Waals surface area contributed by atoms with Crippen LogP contribution in [0.4, 0.5) is 8.78 Å². The molecule has 0 aliphatic carbocycles. The number of aliphatic hydroxyl groups excluding tert-OH is 2. The zero-order valence-electron chi connectivity index (χ0n) is 14.0. The molecule has 0 aliphatic rings. The molecule has 0 fully saturated rings. The van der Waals surface area contributed by atoms with Gasteiger partial charge >= 0.3 is 0 Å². The molecule has 2 rings (SSSR count). The fourth-order valence-corrected chi connectivity index (χ4v) is 5.25. The van der Waals surface area contributed by atoms with Crippen molar-refractivity contribution in [3.63, 3.8) is 0 Å². The Bertz CT molecular complexity index is 669. The third-order valence-electron chi connectivity index (χ3n) is 3.64. The van der Waals surface area contributed by atoms with E-state index in [4.69, 9.17) is 5.11 Å². The summed E-state index contributed by atoms with van der Waals surface area (Å²) in [6.07, 6.45) is -2.04. The van der Waals surface area contributed by atoms with Crippen molar-refractivity contribution in [2.45, 2.75) is 47.3 Å². The maximum absolute atomic E-state index is 13.9. The summed E-state index contributed by atoms with van der Waals surface area (Å²) in [4.78, 5) is 1.70. The van der Waals surface area contributed by atoms with Gasteiger partial charge in [-0.25, -0.2) is 8.78 Å². The third kappa shape index (κ3) is 3.97. The van der Waals surface area contributed by atoms with Crippen molar-refractivity contribution in [1.82, 2.24) is 0 Å². The Morgan fingerprint density at radius 1 is 0.958 bits per heavy atom. The van der Waals surface area contributed by atoms with E-state index in [0.29, 0.717) is 4.90 Å². The fraction of sp³-hybridized carbons (Fsp3) is 0.368. The third-order valence-corrected chi connectivity index (χ3v) is 6.42. The Morgan fingerprint density at radius 2 is 1.50 bits per heavy atom. The first-order chi connectivity index (χ1) is 11.2. The van der Waals surface area contributed by atoms with E-state index in [0.717, 1.165) is 4.90 Å². The summed E-state index contributed by atoms with van der Waals surface area (Å²) < 4.78 is 27.5. The van der Waals surface area contributed by atoms with E-state index in [9.17, 15) is 13.9 Å². The second kappa shape index (κ2) is 7.21. The first-order valence-corrected chi connectivity index (χ1v) is 8.96. The van der Waals surface area contributed by atoms with E-state index >= 15 is 0 Å². The highest BCUT2D eigenvalue weighted by Gasteiger charge is 2.46. The number of alkyl halides is 2. The molecule has 0 spiro atoms. The van der Waals surface area contributed by atoms with Crippen LogP contribution in [0.1, 0.15) is 32.4 Å². The summed E-state index contributed by atoms with van der Waals surface area (Å²) in [5.74, 6) is -3.58. The highest BCUT2D eigenvalue weighted by atomic mass is 32.2. The standard InChI is InChI=1S/C19H23F2O2S/c1-18(2,3)24(14-9-5-4-6-10-14)16-12-8-7-11-15(16)17(23)19(20,21)13-22/h4-12,17,22-23H,13H2,1-3H3/q+1. The van der Waals surface area contributed by atoms with E-state index in [2.05, 4.69) is 20.8 Å². The Balaban J connectivity index is 2.61. The zero-order valence-corrected chi connectivity index (χ0v) is 14.9. The molecule has 0 saturated heterocycles. The Morgan fingerprint density at radius 3 is 2.04 bits per heavy atom. The lowest BCUT2D eigenvalue weighted by molar-refractivity contribution is -0.139. The molecule has 0 bridgehead atoms. The number of hydrogen-bond acceptors (Lipinski definition) is 2. The maximum Gasteiger partial charge on any atom is 0.300 e. The smallest absolute Gasteiger partial charge is 0.300 e. The SMILES string of the molecule is CC(C)(C)[S+](c1ccccc1)c1ccccc1C(O)C(F)(F)CO. The molecule has 130 valence electrons. The molecule has 0 saturated carbocycles. The van der Waals surface area contributed by atoms with Gasteiger partial charge in [0.1, 0.15) is 17.5 Å². The van der Waals surface area contributed by atoms with Crippen molar-refractivity contribution in [3.8, 4) is 0 Å². The molecule has 0 aliphatic heterocycles. The molecular formula is C19H23F2O2S+. The van der Waals surface area contributed by atoms with Gasteiger partial charge in [-0.15, -0.1) is 0 Å². The predicted octanol–water partition coefficient (Wildman–Crippen LogP) is 4.18. The quantitative estimate of drug-likeness (QED) is 0.792. The maximum atomic E-state index is 13.9. The lowest BCUT2D eigenvalue weighted by Gasteiger charge is -2.26. The average Bonchev–Trinajstić information content (AvgIpc) is 2.54. The van der Waals surface area contributed by atoms with Crippen LogP contribution in [-0.2, 0) is 10.9 Å². The van der Waals surface area contributed by atoms with Gasteiger partial charge in [0.2, 0.25) is 0 Å².